The molecule has 3 N–H and O–H groups in total. The second-order valence-corrected chi connectivity index (χ2v) is 5.26. The molecule has 0 spiro atoms. The van der Waals surface area contributed by atoms with Crippen molar-refractivity contribution in [3.8, 4) is 0 Å². The van der Waals surface area contributed by atoms with E-state index >= 15 is 0 Å². The van der Waals surface area contributed by atoms with Crippen LogP contribution in [0.4, 0.5) is 5.95 Å². The number of carbonyl (C=O) groups is 1. The van der Waals surface area contributed by atoms with Crippen LogP contribution < -0.4 is 16.0 Å². The average Bonchev–Trinajstić information content (AvgIpc) is 2.46. The van der Waals surface area contributed by atoms with Crippen LogP contribution >= 0.6 is 0 Å². The van der Waals surface area contributed by atoms with Crippen LogP contribution in [-0.2, 0) is 11.3 Å². The zero-order chi connectivity index (χ0) is 13.2. The first-order valence-corrected chi connectivity index (χ1v) is 6.82. The molecule has 2 fully saturated rings. The zero-order valence-electron chi connectivity index (χ0n) is 10.9. The predicted molar refractivity (Wildman–Crippen MR) is 71.4 cm³/mol. The predicted octanol–water partition coefficient (Wildman–Crippen LogP) is 0.0402. The van der Waals surface area contributed by atoms with Crippen molar-refractivity contribution in [2.24, 2.45) is 11.7 Å². The monoisotopic (exact) mass is 261 g/mol. The molecule has 0 saturated carbocycles. The Morgan fingerprint density at radius 1 is 1.47 bits per heavy atom. The fourth-order valence-corrected chi connectivity index (χ4v) is 2.94. The van der Waals surface area contributed by atoms with Crippen molar-refractivity contribution < 1.29 is 4.79 Å². The molecule has 2 aliphatic heterocycles. The molecule has 1 aromatic heterocycles. The van der Waals surface area contributed by atoms with Gasteiger partial charge in [0.05, 0.1) is 5.69 Å². The van der Waals surface area contributed by atoms with E-state index in [9.17, 15) is 4.79 Å². The third kappa shape index (κ3) is 2.53. The molecule has 0 bridgehead atoms. The van der Waals surface area contributed by atoms with Crippen LogP contribution in [0.15, 0.2) is 12.3 Å². The van der Waals surface area contributed by atoms with E-state index in [1.807, 2.05) is 6.07 Å². The SMILES string of the molecule is NCc1ccnc(N2CCC3NC(=O)CCC3C2)n1. The standard InChI is InChI=1S/C13H19N5O/c14-7-10-3-5-15-13(16-10)18-6-4-11-9(8-18)1-2-12(19)17-11/h3,5,9,11H,1-2,4,6-8,14H2,(H,17,19). The summed E-state index contributed by atoms with van der Waals surface area (Å²) < 4.78 is 0. The molecule has 2 aliphatic rings. The van der Waals surface area contributed by atoms with Crippen molar-refractivity contribution in [1.29, 1.82) is 0 Å². The van der Waals surface area contributed by atoms with Crippen molar-refractivity contribution in [3.05, 3.63) is 18.0 Å². The van der Waals surface area contributed by atoms with Gasteiger partial charge in [0.1, 0.15) is 0 Å². The van der Waals surface area contributed by atoms with Gasteiger partial charge in [0.25, 0.3) is 0 Å². The minimum Gasteiger partial charge on any atom is -0.353 e. The fraction of sp³-hybridized carbons (Fsp3) is 0.615. The van der Waals surface area contributed by atoms with Gasteiger partial charge in [-0.3, -0.25) is 4.79 Å². The number of aromatic nitrogens is 2. The Morgan fingerprint density at radius 3 is 3.21 bits per heavy atom. The minimum absolute atomic E-state index is 0.191. The van der Waals surface area contributed by atoms with E-state index in [2.05, 4.69) is 20.2 Å². The molecule has 2 saturated heterocycles. The first-order valence-electron chi connectivity index (χ1n) is 6.82. The van der Waals surface area contributed by atoms with Gasteiger partial charge in [-0.25, -0.2) is 9.97 Å². The third-order valence-corrected chi connectivity index (χ3v) is 4.02. The topological polar surface area (TPSA) is 84.1 Å². The van der Waals surface area contributed by atoms with Gasteiger partial charge < -0.3 is 16.0 Å². The number of carbonyl (C=O) groups excluding carboxylic acids is 1. The van der Waals surface area contributed by atoms with Crippen LogP contribution in [0.25, 0.3) is 0 Å². The number of piperidine rings is 2. The summed E-state index contributed by atoms with van der Waals surface area (Å²) in [6, 6.07) is 2.17. The molecule has 19 heavy (non-hydrogen) atoms. The lowest BCUT2D eigenvalue weighted by atomic mass is 9.85. The van der Waals surface area contributed by atoms with E-state index in [0.29, 0.717) is 24.9 Å². The molecule has 2 atom stereocenters. The highest BCUT2D eigenvalue weighted by molar-refractivity contribution is 5.77. The maximum atomic E-state index is 11.4. The summed E-state index contributed by atoms with van der Waals surface area (Å²) >= 11 is 0. The Hall–Kier alpha value is -1.69. The number of hydrogen-bond acceptors (Lipinski definition) is 5. The van der Waals surface area contributed by atoms with Gasteiger partial charge >= 0.3 is 0 Å². The van der Waals surface area contributed by atoms with Crippen LogP contribution in [0.3, 0.4) is 0 Å². The van der Waals surface area contributed by atoms with Crippen molar-refractivity contribution in [3.63, 3.8) is 0 Å². The Morgan fingerprint density at radius 2 is 2.37 bits per heavy atom. The van der Waals surface area contributed by atoms with Crippen LogP contribution in [0.1, 0.15) is 25.0 Å². The molecule has 0 aromatic carbocycles. The van der Waals surface area contributed by atoms with Gasteiger partial charge in [-0.05, 0) is 24.8 Å². The highest BCUT2D eigenvalue weighted by Gasteiger charge is 2.34. The lowest BCUT2D eigenvalue weighted by Crippen LogP contribution is -2.54. The average molecular weight is 261 g/mol. The van der Waals surface area contributed by atoms with Gasteiger partial charge in [-0.2, -0.15) is 0 Å². The Balaban J connectivity index is 1.72. The number of nitrogens with zero attached hydrogens (tertiary/aromatic N) is 3. The zero-order valence-corrected chi connectivity index (χ0v) is 10.9. The van der Waals surface area contributed by atoms with Crippen LogP contribution in [0, 0.1) is 5.92 Å². The van der Waals surface area contributed by atoms with Gasteiger partial charge in [0, 0.05) is 38.3 Å². The van der Waals surface area contributed by atoms with Crippen molar-refractivity contribution in [2.75, 3.05) is 18.0 Å². The molecule has 1 amide bonds. The van der Waals surface area contributed by atoms with Gasteiger partial charge in [0.15, 0.2) is 0 Å². The summed E-state index contributed by atoms with van der Waals surface area (Å²) in [6.07, 6.45) is 4.33. The molecule has 3 rings (SSSR count). The number of amides is 1. The maximum absolute atomic E-state index is 11.4. The number of anilines is 1. The highest BCUT2D eigenvalue weighted by Crippen LogP contribution is 2.27. The van der Waals surface area contributed by atoms with E-state index in [1.54, 1.807) is 6.20 Å². The van der Waals surface area contributed by atoms with Crippen molar-refractivity contribution in [1.82, 2.24) is 15.3 Å². The normalized spacial score (nSPS) is 26.8. The summed E-state index contributed by atoms with van der Waals surface area (Å²) in [5, 5.41) is 3.09. The van der Waals surface area contributed by atoms with E-state index < -0.39 is 0 Å². The quantitative estimate of drug-likeness (QED) is 0.785. The molecule has 1 aromatic rings. The number of nitrogens with two attached hydrogens (primary N) is 1. The van der Waals surface area contributed by atoms with Crippen LogP contribution in [0.2, 0.25) is 0 Å². The van der Waals surface area contributed by atoms with Crippen LogP contribution in [-0.4, -0.2) is 35.0 Å². The molecule has 6 heteroatoms. The number of fused-ring (bicyclic) bond motifs is 1. The summed E-state index contributed by atoms with van der Waals surface area (Å²) in [4.78, 5) is 22.4. The molecule has 0 aliphatic carbocycles. The van der Waals surface area contributed by atoms with Gasteiger partial charge in [-0.15, -0.1) is 0 Å². The lowest BCUT2D eigenvalue weighted by molar-refractivity contribution is -0.124. The summed E-state index contributed by atoms with van der Waals surface area (Å²) in [5.41, 5.74) is 6.48. The second kappa shape index (κ2) is 5.13. The van der Waals surface area contributed by atoms with Crippen molar-refractivity contribution in [2.45, 2.75) is 31.8 Å². The molecule has 3 heterocycles. The molecule has 102 valence electrons. The fourth-order valence-electron chi connectivity index (χ4n) is 2.94. The molecule has 0 radical (unpaired) electrons. The minimum atomic E-state index is 0.191. The molecule has 6 nitrogen and oxygen atoms in total. The summed E-state index contributed by atoms with van der Waals surface area (Å²) in [7, 11) is 0. The molecular formula is C13H19N5O. The smallest absolute Gasteiger partial charge is 0.225 e. The Labute approximate surface area is 112 Å². The van der Waals surface area contributed by atoms with E-state index in [-0.39, 0.29) is 5.91 Å². The highest BCUT2D eigenvalue weighted by atomic mass is 16.1. The molecular weight excluding hydrogens is 242 g/mol. The summed E-state index contributed by atoms with van der Waals surface area (Å²) in [5.74, 6) is 1.46. The Bertz CT molecular complexity index is 478. The number of hydrogen-bond donors (Lipinski definition) is 2. The second-order valence-electron chi connectivity index (χ2n) is 5.26. The van der Waals surface area contributed by atoms with Gasteiger partial charge in [0.2, 0.25) is 11.9 Å². The van der Waals surface area contributed by atoms with E-state index in [0.717, 1.165) is 37.6 Å². The van der Waals surface area contributed by atoms with Crippen LogP contribution in [0.5, 0.6) is 0 Å². The third-order valence-electron chi connectivity index (χ3n) is 4.02. The largest absolute Gasteiger partial charge is 0.353 e. The van der Waals surface area contributed by atoms with E-state index in [4.69, 9.17) is 5.73 Å². The lowest BCUT2D eigenvalue weighted by Gasteiger charge is -2.41. The number of rotatable bonds is 2. The Kier molecular flexibility index (Phi) is 3.33. The first-order chi connectivity index (χ1) is 9.26. The maximum Gasteiger partial charge on any atom is 0.225 e. The van der Waals surface area contributed by atoms with Crippen molar-refractivity contribution >= 4 is 11.9 Å². The number of nitrogens with one attached hydrogen (secondary N) is 1. The summed E-state index contributed by atoms with van der Waals surface area (Å²) in [6.45, 7) is 2.24. The molecule has 2 unspecified atom stereocenters. The van der Waals surface area contributed by atoms with E-state index in [1.165, 1.54) is 0 Å². The first kappa shape index (κ1) is 12.3. The van der Waals surface area contributed by atoms with Gasteiger partial charge in [-0.1, -0.05) is 0 Å².